The lowest BCUT2D eigenvalue weighted by atomic mass is 9.80. The number of fused-ring (bicyclic) bond motifs is 6. The number of ether oxygens (including phenoxy) is 1. The van der Waals surface area contributed by atoms with Crippen molar-refractivity contribution in [2.75, 3.05) is 12.8 Å². The van der Waals surface area contributed by atoms with Crippen molar-refractivity contribution in [3.05, 3.63) is 29.5 Å². The summed E-state index contributed by atoms with van der Waals surface area (Å²) in [4.78, 5) is 4.93. The van der Waals surface area contributed by atoms with E-state index in [1.54, 1.807) is 7.11 Å². The lowest BCUT2D eigenvalue weighted by Crippen LogP contribution is -2.14. The number of nitrogens with two attached hydrogens (primary N) is 1. The quantitative estimate of drug-likeness (QED) is 0.855. The molecule has 0 aliphatic heterocycles. The van der Waals surface area contributed by atoms with E-state index >= 15 is 0 Å². The third-order valence-corrected chi connectivity index (χ3v) is 5.52. The van der Waals surface area contributed by atoms with Gasteiger partial charge in [-0.1, -0.05) is 13.8 Å². The fourth-order valence-electron chi connectivity index (χ4n) is 4.39. The summed E-state index contributed by atoms with van der Waals surface area (Å²) in [6.07, 6.45) is 2.49. The Labute approximate surface area is 119 Å². The molecule has 1 heterocycles. The molecule has 1 saturated carbocycles. The third kappa shape index (κ3) is 1.28. The van der Waals surface area contributed by atoms with Gasteiger partial charge in [0.15, 0.2) is 0 Å². The Balaban J connectivity index is 2.03. The highest BCUT2D eigenvalue weighted by molar-refractivity contribution is 5.94. The summed E-state index contributed by atoms with van der Waals surface area (Å²) in [5.74, 6) is 1.97. The van der Waals surface area contributed by atoms with Crippen LogP contribution in [0.4, 0.5) is 5.69 Å². The minimum Gasteiger partial charge on any atom is -0.497 e. The topological polar surface area (TPSA) is 48.1 Å². The average Bonchev–Trinajstić information content (AvgIpc) is 2.85. The molecule has 2 atom stereocenters. The monoisotopic (exact) mass is 268 g/mol. The van der Waals surface area contributed by atoms with Gasteiger partial charge in [-0.25, -0.2) is 0 Å². The minimum absolute atomic E-state index is 0.297. The zero-order chi connectivity index (χ0) is 14.1. The summed E-state index contributed by atoms with van der Waals surface area (Å²) in [5.41, 5.74) is 11.3. The van der Waals surface area contributed by atoms with Gasteiger partial charge in [-0.15, -0.1) is 0 Å². The van der Waals surface area contributed by atoms with Crippen LogP contribution < -0.4 is 10.5 Å². The standard InChI is InChI=1S/C17H20N2O/c1-17(2)11-5-6-12(17)16-14(11)15(18)10-8-9(20-3)4-7-13(10)19-16/h4,7-8,11-12H,5-6H2,1-3H3,(H2,18,19). The molecular formula is C17H20N2O. The first-order valence-corrected chi connectivity index (χ1v) is 7.31. The van der Waals surface area contributed by atoms with Gasteiger partial charge in [0, 0.05) is 22.6 Å². The van der Waals surface area contributed by atoms with Crippen LogP contribution >= 0.6 is 0 Å². The highest BCUT2D eigenvalue weighted by Crippen LogP contribution is 2.65. The molecule has 3 heteroatoms. The van der Waals surface area contributed by atoms with Crippen molar-refractivity contribution in [3.63, 3.8) is 0 Å². The molecule has 0 saturated heterocycles. The molecule has 1 fully saturated rings. The average molecular weight is 268 g/mol. The van der Waals surface area contributed by atoms with Crippen molar-refractivity contribution in [1.82, 2.24) is 4.98 Å². The number of pyridine rings is 1. The lowest BCUT2D eigenvalue weighted by Gasteiger charge is -2.23. The number of methoxy groups -OCH3 is 1. The van der Waals surface area contributed by atoms with Crippen molar-refractivity contribution < 1.29 is 4.74 Å². The van der Waals surface area contributed by atoms with Gasteiger partial charge in [-0.2, -0.15) is 0 Å². The molecule has 4 rings (SSSR count). The number of hydrogen-bond acceptors (Lipinski definition) is 3. The second-order valence-corrected chi connectivity index (χ2v) is 6.71. The molecular weight excluding hydrogens is 248 g/mol. The van der Waals surface area contributed by atoms with Crippen molar-refractivity contribution in [3.8, 4) is 5.75 Å². The van der Waals surface area contributed by atoms with Crippen LogP contribution in [0.25, 0.3) is 10.9 Å². The van der Waals surface area contributed by atoms with Crippen molar-refractivity contribution in [2.45, 2.75) is 38.5 Å². The highest BCUT2D eigenvalue weighted by atomic mass is 16.5. The van der Waals surface area contributed by atoms with E-state index < -0.39 is 0 Å². The third-order valence-electron chi connectivity index (χ3n) is 5.52. The fraction of sp³-hybridized carbons (Fsp3) is 0.471. The molecule has 2 bridgehead atoms. The lowest BCUT2D eigenvalue weighted by molar-refractivity contribution is 0.323. The molecule has 3 nitrogen and oxygen atoms in total. The molecule has 2 aliphatic rings. The molecule has 104 valence electrons. The van der Waals surface area contributed by atoms with E-state index in [1.807, 2.05) is 18.2 Å². The Morgan fingerprint density at radius 1 is 1.25 bits per heavy atom. The Morgan fingerprint density at radius 3 is 2.75 bits per heavy atom. The van der Waals surface area contributed by atoms with Gasteiger partial charge in [0.25, 0.3) is 0 Å². The zero-order valence-electron chi connectivity index (χ0n) is 12.2. The number of nitrogens with zero attached hydrogens (tertiary/aromatic N) is 1. The van der Waals surface area contributed by atoms with Crippen molar-refractivity contribution in [1.29, 1.82) is 0 Å². The van der Waals surface area contributed by atoms with E-state index in [0.717, 1.165) is 22.3 Å². The highest BCUT2D eigenvalue weighted by Gasteiger charge is 2.53. The van der Waals surface area contributed by atoms with Gasteiger partial charge in [0.1, 0.15) is 5.75 Å². The summed E-state index contributed by atoms with van der Waals surface area (Å²) in [5, 5.41) is 1.03. The predicted octanol–water partition coefficient (Wildman–Crippen LogP) is 3.83. The van der Waals surface area contributed by atoms with Crippen LogP contribution in [0.5, 0.6) is 5.75 Å². The second kappa shape index (κ2) is 3.66. The normalized spacial score (nSPS) is 25.9. The van der Waals surface area contributed by atoms with E-state index in [1.165, 1.54) is 24.1 Å². The molecule has 2 N–H and O–H groups in total. The summed E-state index contributed by atoms with van der Waals surface area (Å²) < 4.78 is 5.32. The molecule has 2 aliphatic carbocycles. The SMILES string of the molecule is COc1ccc2nc3c(c(N)c2c1)C1CCC3C1(C)C. The van der Waals surface area contributed by atoms with Crippen LogP contribution in [0, 0.1) is 5.41 Å². The molecule has 2 unspecified atom stereocenters. The van der Waals surface area contributed by atoms with Crippen LogP contribution in [0.15, 0.2) is 18.2 Å². The Morgan fingerprint density at radius 2 is 2.00 bits per heavy atom. The number of hydrogen-bond donors (Lipinski definition) is 1. The molecule has 0 amide bonds. The number of rotatable bonds is 1. The summed E-state index contributed by atoms with van der Waals surface area (Å²) in [7, 11) is 1.68. The van der Waals surface area contributed by atoms with Gasteiger partial charge in [-0.3, -0.25) is 4.98 Å². The minimum atomic E-state index is 0.297. The first-order valence-electron chi connectivity index (χ1n) is 7.31. The Bertz CT molecular complexity index is 720. The predicted molar refractivity (Wildman–Crippen MR) is 81.2 cm³/mol. The molecule has 1 aromatic carbocycles. The van der Waals surface area contributed by atoms with Crippen LogP contribution in [-0.2, 0) is 0 Å². The largest absolute Gasteiger partial charge is 0.497 e. The molecule has 0 radical (unpaired) electrons. The van der Waals surface area contributed by atoms with Crippen molar-refractivity contribution >= 4 is 16.6 Å². The summed E-state index contributed by atoms with van der Waals surface area (Å²) in [6.45, 7) is 4.73. The van der Waals surface area contributed by atoms with E-state index in [4.69, 9.17) is 15.5 Å². The number of benzene rings is 1. The van der Waals surface area contributed by atoms with Crippen LogP contribution in [0.2, 0.25) is 0 Å². The summed E-state index contributed by atoms with van der Waals surface area (Å²) in [6, 6.07) is 5.99. The molecule has 1 aromatic heterocycles. The Kier molecular flexibility index (Phi) is 2.20. The van der Waals surface area contributed by atoms with Gasteiger partial charge in [0.05, 0.1) is 18.3 Å². The van der Waals surface area contributed by atoms with E-state index in [2.05, 4.69) is 13.8 Å². The van der Waals surface area contributed by atoms with Crippen LogP contribution in [0.3, 0.4) is 0 Å². The maximum atomic E-state index is 6.51. The number of aromatic nitrogens is 1. The molecule has 20 heavy (non-hydrogen) atoms. The van der Waals surface area contributed by atoms with Crippen LogP contribution in [0.1, 0.15) is 49.8 Å². The summed E-state index contributed by atoms with van der Waals surface area (Å²) >= 11 is 0. The zero-order valence-corrected chi connectivity index (χ0v) is 12.2. The smallest absolute Gasteiger partial charge is 0.119 e. The van der Waals surface area contributed by atoms with Crippen molar-refractivity contribution in [2.24, 2.45) is 5.41 Å². The molecule has 2 aromatic rings. The van der Waals surface area contributed by atoms with Crippen LogP contribution in [-0.4, -0.2) is 12.1 Å². The van der Waals surface area contributed by atoms with E-state index in [9.17, 15) is 0 Å². The molecule has 0 spiro atoms. The first-order chi connectivity index (χ1) is 9.54. The maximum absolute atomic E-state index is 6.51. The first kappa shape index (κ1) is 12.0. The maximum Gasteiger partial charge on any atom is 0.119 e. The fourth-order valence-corrected chi connectivity index (χ4v) is 4.39. The Hall–Kier alpha value is -1.77. The number of anilines is 1. The van der Waals surface area contributed by atoms with Gasteiger partial charge in [0.2, 0.25) is 0 Å². The van der Waals surface area contributed by atoms with Gasteiger partial charge >= 0.3 is 0 Å². The van der Waals surface area contributed by atoms with Gasteiger partial charge < -0.3 is 10.5 Å². The van der Waals surface area contributed by atoms with E-state index in [0.29, 0.717) is 17.3 Å². The van der Waals surface area contributed by atoms with E-state index in [-0.39, 0.29) is 0 Å². The second-order valence-electron chi connectivity index (χ2n) is 6.71. The number of nitrogen functional groups attached to an aromatic ring is 1. The van der Waals surface area contributed by atoms with Gasteiger partial charge in [-0.05, 0) is 42.4 Å².